The van der Waals surface area contributed by atoms with Crippen LogP contribution in [0.5, 0.6) is 11.5 Å². The maximum atomic E-state index is 14.0. The van der Waals surface area contributed by atoms with Gasteiger partial charge in [0, 0.05) is 5.56 Å². The van der Waals surface area contributed by atoms with Gasteiger partial charge in [0.2, 0.25) is 0 Å². The number of nitrogens with zero attached hydrogens (tertiary/aromatic N) is 2. The molecule has 0 fully saturated rings. The van der Waals surface area contributed by atoms with Crippen LogP contribution in [0.15, 0.2) is 82.1 Å². The van der Waals surface area contributed by atoms with Gasteiger partial charge in [-0.1, -0.05) is 86.7 Å². The highest BCUT2D eigenvalue weighted by Gasteiger charge is 2.33. The lowest BCUT2D eigenvalue weighted by molar-refractivity contribution is 0.354. The number of hydrogen-bond donors (Lipinski definition) is 0. The average Bonchev–Trinajstić information content (AvgIpc) is 3.25. The molecule has 6 heteroatoms. The molecule has 0 unspecified atom stereocenters. The molecule has 0 radical (unpaired) electrons. The van der Waals surface area contributed by atoms with Crippen molar-refractivity contribution in [3.8, 4) is 11.5 Å². The lowest BCUT2D eigenvalue weighted by Gasteiger charge is -2.31. The molecule has 0 spiro atoms. The number of allylic oxidation sites excluding steroid dienone is 1. The molecule has 1 aliphatic heterocycles. The van der Waals surface area contributed by atoms with Crippen molar-refractivity contribution in [3.63, 3.8) is 0 Å². The largest absolute Gasteiger partial charge is 0.493 e. The van der Waals surface area contributed by atoms with E-state index in [0.717, 1.165) is 40.8 Å². The molecule has 3 aromatic carbocycles. The fraction of sp³-hybridized carbons (Fsp3) is 0.273. The van der Waals surface area contributed by atoms with Gasteiger partial charge >= 0.3 is 0 Å². The monoisotopic (exact) mass is 536 g/mol. The van der Waals surface area contributed by atoms with E-state index in [0.29, 0.717) is 20.8 Å². The Morgan fingerprint density at radius 2 is 1.69 bits per heavy atom. The smallest absolute Gasteiger partial charge is 0.271 e. The van der Waals surface area contributed by atoms with Gasteiger partial charge in [0.15, 0.2) is 16.3 Å². The second-order valence-corrected chi connectivity index (χ2v) is 12.1. The van der Waals surface area contributed by atoms with Gasteiger partial charge in [-0.2, -0.15) is 0 Å². The van der Waals surface area contributed by atoms with E-state index in [4.69, 9.17) is 14.5 Å². The summed E-state index contributed by atoms with van der Waals surface area (Å²) < 4.78 is 13.7. The van der Waals surface area contributed by atoms with E-state index in [2.05, 4.69) is 69.3 Å². The molecule has 0 N–H and O–H groups in total. The molecule has 2 heterocycles. The summed E-state index contributed by atoms with van der Waals surface area (Å²) in [5, 5.41) is 0. The predicted octanol–water partition coefficient (Wildman–Crippen LogP) is 5.63. The third-order valence-electron chi connectivity index (χ3n) is 7.67. The first-order valence-corrected chi connectivity index (χ1v) is 14.1. The zero-order valence-electron chi connectivity index (χ0n) is 22.9. The van der Waals surface area contributed by atoms with E-state index in [1.54, 1.807) is 14.2 Å². The number of benzene rings is 3. The number of aromatic nitrogens is 1. The predicted molar refractivity (Wildman–Crippen MR) is 157 cm³/mol. The molecule has 5 nitrogen and oxygen atoms in total. The highest BCUT2D eigenvalue weighted by molar-refractivity contribution is 7.07. The lowest BCUT2D eigenvalue weighted by Crippen LogP contribution is -2.38. The molecular weight excluding hydrogens is 504 g/mol. The summed E-state index contributed by atoms with van der Waals surface area (Å²) in [5.41, 5.74) is 7.90. The van der Waals surface area contributed by atoms with Crippen LogP contribution < -0.4 is 24.4 Å². The lowest BCUT2D eigenvalue weighted by atomic mass is 9.83. The first-order valence-electron chi connectivity index (χ1n) is 13.2. The van der Waals surface area contributed by atoms with Crippen LogP contribution in [-0.4, -0.2) is 18.8 Å². The van der Waals surface area contributed by atoms with E-state index >= 15 is 0 Å². The van der Waals surface area contributed by atoms with Crippen molar-refractivity contribution in [3.05, 3.63) is 120 Å². The number of hydrogen-bond acceptors (Lipinski definition) is 5. The third kappa shape index (κ3) is 4.43. The zero-order chi connectivity index (χ0) is 27.3. The quantitative estimate of drug-likeness (QED) is 0.340. The fourth-order valence-corrected chi connectivity index (χ4v) is 6.58. The number of fused-ring (bicyclic) bond motifs is 3. The Morgan fingerprint density at radius 3 is 2.41 bits per heavy atom. The summed E-state index contributed by atoms with van der Waals surface area (Å²) in [7, 11) is 3.27. The van der Waals surface area contributed by atoms with Crippen molar-refractivity contribution in [2.45, 2.75) is 45.1 Å². The number of rotatable bonds is 4. The van der Waals surface area contributed by atoms with Crippen LogP contribution in [0.3, 0.4) is 0 Å². The normalized spacial score (nSPS) is 16.7. The van der Waals surface area contributed by atoms with Crippen molar-refractivity contribution < 1.29 is 9.47 Å². The topological polar surface area (TPSA) is 52.8 Å². The first kappa shape index (κ1) is 25.4. The molecule has 1 aliphatic carbocycles. The Bertz CT molecular complexity index is 1790. The highest BCUT2D eigenvalue weighted by atomic mass is 32.1. The molecule has 198 valence electrons. The van der Waals surface area contributed by atoms with Crippen LogP contribution in [0.4, 0.5) is 0 Å². The van der Waals surface area contributed by atoms with Gasteiger partial charge in [0.25, 0.3) is 5.56 Å². The van der Waals surface area contributed by atoms with E-state index in [-0.39, 0.29) is 17.0 Å². The summed E-state index contributed by atoms with van der Waals surface area (Å²) in [5.74, 6) is 1.31. The fourth-order valence-electron chi connectivity index (χ4n) is 5.58. The van der Waals surface area contributed by atoms with Gasteiger partial charge in [-0.05, 0) is 64.3 Å². The SMILES string of the molecule is COc1ccc([C@@H]2C3=C(N=c4s/c(=C\c5ccc(C(C)(C)C)cc5)c(=O)n42)c2ccccc2CC3)cc1OC. The van der Waals surface area contributed by atoms with Gasteiger partial charge in [-0.15, -0.1) is 0 Å². The van der Waals surface area contributed by atoms with Gasteiger partial charge in [0.05, 0.1) is 30.5 Å². The standard InChI is InChI=1S/C33H32N2O3S/c1-33(2,3)23-14-10-20(11-15-23)18-28-31(36)35-30(22-13-17-26(37-4)27(19-22)38-5)25-16-12-21-8-6-7-9-24(21)29(25)34-32(35)39-28/h6-11,13-15,17-19,30H,12,16H2,1-5H3/b28-18-/t30-/m1/s1. The minimum Gasteiger partial charge on any atom is -0.493 e. The Hall–Kier alpha value is -3.90. The molecule has 6 rings (SSSR count). The van der Waals surface area contributed by atoms with E-state index in [1.165, 1.54) is 22.5 Å². The van der Waals surface area contributed by atoms with Crippen molar-refractivity contribution in [1.82, 2.24) is 4.57 Å². The zero-order valence-corrected chi connectivity index (χ0v) is 23.8. The average molecular weight is 537 g/mol. The minimum absolute atomic E-state index is 0.0242. The molecule has 39 heavy (non-hydrogen) atoms. The van der Waals surface area contributed by atoms with Crippen molar-refractivity contribution in [2.24, 2.45) is 4.99 Å². The van der Waals surface area contributed by atoms with Gasteiger partial charge < -0.3 is 9.47 Å². The van der Waals surface area contributed by atoms with Crippen LogP contribution in [0.1, 0.15) is 61.1 Å². The van der Waals surface area contributed by atoms with Crippen LogP contribution in [0.2, 0.25) is 0 Å². The Balaban J connectivity index is 1.56. The summed E-state index contributed by atoms with van der Waals surface area (Å²) >= 11 is 1.45. The van der Waals surface area contributed by atoms with Gasteiger partial charge in [-0.25, -0.2) is 4.99 Å². The second-order valence-electron chi connectivity index (χ2n) is 11.1. The second kappa shape index (κ2) is 9.69. The summed E-state index contributed by atoms with van der Waals surface area (Å²) in [6.07, 6.45) is 3.74. The van der Waals surface area contributed by atoms with Crippen LogP contribution >= 0.6 is 11.3 Å². The van der Waals surface area contributed by atoms with Crippen LogP contribution in [0.25, 0.3) is 11.8 Å². The Morgan fingerprint density at radius 1 is 0.949 bits per heavy atom. The molecular formula is C33H32N2O3S. The Labute approximate surface area is 232 Å². The molecule has 0 saturated heterocycles. The van der Waals surface area contributed by atoms with Crippen LogP contribution in [0, 0.1) is 0 Å². The molecule has 2 aliphatic rings. The summed E-state index contributed by atoms with van der Waals surface area (Å²) in [6.45, 7) is 6.61. The molecule has 0 amide bonds. The summed E-state index contributed by atoms with van der Waals surface area (Å²) in [4.78, 5) is 19.9. The van der Waals surface area contributed by atoms with Crippen molar-refractivity contribution in [1.29, 1.82) is 0 Å². The minimum atomic E-state index is -0.269. The molecule has 1 aromatic heterocycles. The highest BCUT2D eigenvalue weighted by Crippen LogP contribution is 2.42. The molecule has 4 aromatic rings. The van der Waals surface area contributed by atoms with E-state index < -0.39 is 0 Å². The van der Waals surface area contributed by atoms with E-state index in [9.17, 15) is 4.79 Å². The molecule has 0 bridgehead atoms. The van der Waals surface area contributed by atoms with E-state index in [1.807, 2.05) is 28.8 Å². The van der Waals surface area contributed by atoms with Gasteiger partial charge in [0.1, 0.15) is 0 Å². The van der Waals surface area contributed by atoms with Crippen molar-refractivity contribution >= 4 is 23.1 Å². The number of aryl methyl sites for hydroxylation is 1. The summed E-state index contributed by atoms with van der Waals surface area (Å²) in [6, 6.07) is 22.6. The number of thiazole rings is 1. The van der Waals surface area contributed by atoms with Crippen molar-refractivity contribution in [2.75, 3.05) is 14.2 Å². The third-order valence-corrected chi connectivity index (χ3v) is 8.65. The van der Waals surface area contributed by atoms with Gasteiger partial charge in [-0.3, -0.25) is 9.36 Å². The number of methoxy groups -OCH3 is 2. The maximum absolute atomic E-state index is 14.0. The Kier molecular flexibility index (Phi) is 6.31. The maximum Gasteiger partial charge on any atom is 0.271 e. The first-order chi connectivity index (χ1) is 18.8. The molecule has 1 atom stereocenters. The number of ether oxygens (including phenoxy) is 2. The molecule has 0 saturated carbocycles. The van der Waals surface area contributed by atoms with Crippen LogP contribution in [-0.2, 0) is 11.8 Å².